The van der Waals surface area contributed by atoms with Crippen LogP contribution in [0.3, 0.4) is 0 Å². The molecule has 0 spiro atoms. The second kappa shape index (κ2) is 10.9. The number of benzene rings is 2. The normalized spacial score (nSPS) is 20.3. The molecule has 2 amide bonds. The van der Waals surface area contributed by atoms with Crippen molar-refractivity contribution in [2.24, 2.45) is 0 Å². The molecule has 1 fully saturated rings. The number of thiophene rings is 1. The molecule has 0 saturated carbocycles. The molecule has 0 aliphatic carbocycles. The average Bonchev–Trinajstić information content (AvgIpc) is 3.36. The van der Waals surface area contributed by atoms with Crippen molar-refractivity contribution in [1.82, 2.24) is 14.7 Å². The van der Waals surface area contributed by atoms with E-state index in [0.717, 1.165) is 24.0 Å². The minimum Gasteiger partial charge on any atom is -0.339 e. The topological polar surface area (TPSA) is 43.9 Å². The van der Waals surface area contributed by atoms with Gasteiger partial charge in [0.1, 0.15) is 0 Å². The summed E-state index contributed by atoms with van der Waals surface area (Å²) in [4.78, 5) is 34.0. The Kier molecular flexibility index (Phi) is 7.60. The minimum atomic E-state index is -0.0159. The molecule has 2 atom stereocenters. The summed E-state index contributed by atoms with van der Waals surface area (Å²) in [5.41, 5.74) is 4.61. The highest BCUT2D eigenvalue weighted by atomic mass is 79.9. The lowest BCUT2D eigenvalue weighted by Crippen LogP contribution is -2.55. The van der Waals surface area contributed by atoms with Gasteiger partial charge in [-0.3, -0.25) is 14.5 Å². The van der Waals surface area contributed by atoms with Gasteiger partial charge in [0.25, 0.3) is 5.91 Å². The number of fused-ring (bicyclic) bond motifs is 1. The number of rotatable bonds is 5. The quantitative estimate of drug-likeness (QED) is 0.408. The number of carbonyl (C=O) groups excluding carboxylic acids is 2. The number of hydrogen-bond donors (Lipinski definition) is 0. The number of piperazine rings is 1. The number of carbonyl (C=O) groups is 2. The van der Waals surface area contributed by atoms with Crippen molar-refractivity contribution in [3.05, 3.63) is 91.6 Å². The van der Waals surface area contributed by atoms with Crippen molar-refractivity contribution in [2.75, 3.05) is 32.7 Å². The third-order valence-corrected chi connectivity index (χ3v) is 8.87. The lowest BCUT2D eigenvalue weighted by molar-refractivity contribution is -0.134. The summed E-state index contributed by atoms with van der Waals surface area (Å²) in [5.74, 6) is 0.201. The van der Waals surface area contributed by atoms with Crippen LogP contribution in [-0.4, -0.2) is 65.3 Å². The first-order chi connectivity index (χ1) is 17.4. The lowest BCUT2D eigenvalue weighted by Gasteiger charge is -2.41. The van der Waals surface area contributed by atoms with Gasteiger partial charge in [-0.25, -0.2) is 0 Å². The highest BCUT2D eigenvalue weighted by Crippen LogP contribution is 2.37. The molecule has 3 heterocycles. The van der Waals surface area contributed by atoms with E-state index in [1.807, 2.05) is 52.3 Å². The molecule has 2 aromatic carbocycles. The standard InChI is InChI=1S/C29H32BrN3O2S/c1-20-6-8-22(9-7-20)28-25-12-17-36-26(25)10-13-31(28)14-11-27(34)32-15-16-33(21(2)19-32)29(35)23-4-3-5-24(30)18-23/h3-9,12,17-18,21,28H,10-11,13-16,19H2,1-2H3. The molecule has 0 radical (unpaired) electrons. The molecule has 3 aromatic rings. The van der Waals surface area contributed by atoms with Gasteiger partial charge >= 0.3 is 0 Å². The van der Waals surface area contributed by atoms with Gasteiger partial charge in [0.05, 0.1) is 6.04 Å². The zero-order valence-corrected chi connectivity index (χ0v) is 23.2. The first-order valence-corrected chi connectivity index (χ1v) is 14.3. The number of aryl methyl sites for hydroxylation is 1. The van der Waals surface area contributed by atoms with E-state index < -0.39 is 0 Å². The van der Waals surface area contributed by atoms with Crippen LogP contribution in [0, 0.1) is 6.92 Å². The molecule has 0 N–H and O–H groups in total. The predicted molar refractivity (Wildman–Crippen MR) is 148 cm³/mol. The number of nitrogens with zero attached hydrogens (tertiary/aromatic N) is 3. The average molecular weight is 567 g/mol. The van der Waals surface area contributed by atoms with Crippen LogP contribution in [0.1, 0.15) is 51.3 Å². The minimum absolute atomic E-state index is 0.0159. The van der Waals surface area contributed by atoms with Gasteiger partial charge in [-0.05, 0) is 61.0 Å². The van der Waals surface area contributed by atoms with Crippen molar-refractivity contribution in [1.29, 1.82) is 0 Å². The van der Waals surface area contributed by atoms with Gasteiger partial charge in [0.2, 0.25) is 5.91 Å². The second-order valence-corrected chi connectivity index (χ2v) is 11.8. The molecular weight excluding hydrogens is 534 g/mol. The van der Waals surface area contributed by atoms with Crippen LogP contribution >= 0.6 is 27.3 Å². The molecule has 1 aromatic heterocycles. The maximum Gasteiger partial charge on any atom is 0.254 e. The molecule has 2 unspecified atom stereocenters. The van der Waals surface area contributed by atoms with Gasteiger partial charge < -0.3 is 9.80 Å². The monoisotopic (exact) mass is 565 g/mol. The molecular formula is C29H32BrN3O2S. The van der Waals surface area contributed by atoms with Gasteiger partial charge in [0, 0.05) is 60.1 Å². The van der Waals surface area contributed by atoms with Gasteiger partial charge in [-0.2, -0.15) is 0 Å². The van der Waals surface area contributed by atoms with Crippen LogP contribution in [0.15, 0.2) is 64.5 Å². The number of hydrogen-bond acceptors (Lipinski definition) is 4. The molecule has 7 heteroatoms. The Morgan fingerprint density at radius 3 is 2.61 bits per heavy atom. The van der Waals surface area contributed by atoms with E-state index in [2.05, 4.69) is 63.5 Å². The first-order valence-electron chi connectivity index (χ1n) is 12.6. The molecule has 5 nitrogen and oxygen atoms in total. The van der Waals surface area contributed by atoms with Crippen LogP contribution < -0.4 is 0 Å². The van der Waals surface area contributed by atoms with E-state index in [1.54, 1.807) is 0 Å². The van der Waals surface area contributed by atoms with Crippen molar-refractivity contribution in [3.63, 3.8) is 0 Å². The molecule has 0 bridgehead atoms. The van der Waals surface area contributed by atoms with E-state index in [4.69, 9.17) is 0 Å². The van der Waals surface area contributed by atoms with E-state index in [9.17, 15) is 9.59 Å². The van der Waals surface area contributed by atoms with Crippen LogP contribution in [0.5, 0.6) is 0 Å². The summed E-state index contributed by atoms with van der Waals surface area (Å²) in [5, 5.41) is 2.19. The van der Waals surface area contributed by atoms with Crippen LogP contribution in [0.2, 0.25) is 0 Å². The molecule has 36 heavy (non-hydrogen) atoms. The summed E-state index contributed by atoms with van der Waals surface area (Å²) < 4.78 is 0.894. The smallest absolute Gasteiger partial charge is 0.254 e. The Hall–Kier alpha value is -2.48. The molecule has 2 aliphatic heterocycles. The molecule has 5 rings (SSSR count). The highest BCUT2D eigenvalue weighted by Gasteiger charge is 2.33. The van der Waals surface area contributed by atoms with Crippen LogP contribution in [0.25, 0.3) is 0 Å². The Morgan fingerprint density at radius 1 is 1.06 bits per heavy atom. The third kappa shape index (κ3) is 5.29. The van der Waals surface area contributed by atoms with Crippen molar-refractivity contribution in [2.45, 2.75) is 38.8 Å². The van der Waals surface area contributed by atoms with E-state index in [-0.39, 0.29) is 23.9 Å². The fraction of sp³-hybridized carbons (Fsp3) is 0.379. The molecule has 2 aliphatic rings. The van der Waals surface area contributed by atoms with Crippen molar-refractivity contribution in [3.8, 4) is 0 Å². The van der Waals surface area contributed by atoms with E-state index in [1.165, 1.54) is 21.6 Å². The van der Waals surface area contributed by atoms with Crippen molar-refractivity contribution >= 4 is 39.1 Å². The third-order valence-electron chi connectivity index (χ3n) is 7.38. The second-order valence-electron chi connectivity index (χ2n) is 9.85. The summed E-state index contributed by atoms with van der Waals surface area (Å²) in [6.07, 6.45) is 1.53. The van der Waals surface area contributed by atoms with Gasteiger partial charge in [0.15, 0.2) is 0 Å². The largest absolute Gasteiger partial charge is 0.339 e. The van der Waals surface area contributed by atoms with Gasteiger partial charge in [-0.1, -0.05) is 51.8 Å². The Balaban J connectivity index is 1.22. The zero-order chi connectivity index (χ0) is 25.2. The Morgan fingerprint density at radius 2 is 1.86 bits per heavy atom. The molecule has 188 valence electrons. The maximum absolute atomic E-state index is 13.3. The van der Waals surface area contributed by atoms with E-state index in [0.29, 0.717) is 31.6 Å². The SMILES string of the molecule is Cc1ccc(C2c3ccsc3CCN2CCC(=O)N2CCN(C(=O)c3cccc(Br)c3)C(C)C2)cc1. The fourth-order valence-corrected chi connectivity index (χ4v) is 6.72. The summed E-state index contributed by atoms with van der Waals surface area (Å²) in [6, 6.07) is 18.7. The van der Waals surface area contributed by atoms with Crippen molar-refractivity contribution < 1.29 is 9.59 Å². The Bertz CT molecular complexity index is 1240. The van der Waals surface area contributed by atoms with Gasteiger partial charge in [-0.15, -0.1) is 11.3 Å². The summed E-state index contributed by atoms with van der Waals surface area (Å²) in [7, 11) is 0. The van der Waals surface area contributed by atoms with Crippen LogP contribution in [0.4, 0.5) is 0 Å². The first kappa shape index (κ1) is 25.2. The lowest BCUT2D eigenvalue weighted by atomic mass is 9.92. The number of amides is 2. The van der Waals surface area contributed by atoms with Crippen LogP contribution in [-0.2, 0) is 11.2 Å². The summed E-state index contributed by atoms with van der Waals surface area (Å²) in [6.45, 7) is 7.57. The predicted octanol–water partition coefficient (Wildman–Crippen LogP) is 5.53. The summed E-state index contributed by atoms with van der Waals surface area (Å²) >= 11 is 5.29. The Labute approximate surface area is 225 Å². The highest BCUT2D eigenvalue weighted by molar-refractivity contribution is 9.10. The zero-order valence-electron chi connectivity index (χ0n) is 20.8. The maximum atomic E-state index is 13.3. The van der Waals surface area contributed by atoms with E-state index >= 15 is 0 Å². The fourth-order valence-electron chi connectivity index (χ4n) is 5.42. The number of halogens is 1. The molecule has 1 saturated heterocycles.